The van der Waals surface area contributed by atoms with Crippen LogP contribution in [0.3, 0.4) is 0 Å². The summed E-state index contributed by atoms with van der Waals surface area (Å²) in [4.78, 5) is 23.8. The average molecular weight is 384 g/mol. The first-order valence-electron chi connectivity index (χ1n) is 8.24. The predicted molar refractivity (Wildman–Crippen MR) is 104 cm³/mol. The highest BCUT2D eigenvalue weighted by Gasteiger charge is 2.14. The summed E-state index contributed by atoms with van der Waals surface area (Å²) in [7, 11) is 0. The summed E-state index contributed by atoms with van der Waals surface area (Å²) in [5.74, 6) is -2.53. The molecule has 0 bridgehead atoms. The van der Waals surface area contributed by atoms with Crippen LogP contribution in [0.5, 0.6) is 11.5 Å². The van der Waals surface area contributed by atoms with Gasteiger partial charge in [0.05, 0.1) is 0 Å². The maximum absolute atomic E-state index is 10.6. The molecule has 1 atom stereocenters. The second-order valence-electron chi connectivity index (χ2n) is 5.93. The van der Waals surface area contributed by atoms with Crippen molar-refractivity contribution >= 4 is 28.9 Å². The number of H-pyrrole nitrogens is 1. The highest BCUT2D eigenvalue weighted by Crippen LogP contribution is 2.25. The van der Waals surface area contributed by atoms with E-state index in [0.29, 0.717) is 12.0 Å². The zero-order valence-corrected chi connectivity index (χ0v) is 14.7. The molecule has 0 saturated carbocycles. The Kier molecular flexibility index (Phi) is 6.78. The van der Waals surface area contributed by atoms with Gasteiger partial charge in [-0.05, 0) is 35.4 Å². The third kappa shape index (κ3) is 5.61. The number of aromatic amines is 1. The van der Waals surface area contributed by atoms with E-state index in [2.05, 4.69) is 4.98 Å². The minimum absolute atomic E-state index is 0.229. The van der Waals surface area contributed by atoms with Crippen LogP contribution in [0.15, 0.2) is 54.7 Å². The van der Waals surface area contributed by atoms with E-state index in [-0.39, 0.29) is 11.5 Å². The van der Waals surface area contributed by atoms with Gasteiger partial charge >= 0.3 is 11.9 Å². The minimum atomic E-state index is -1.06. The number of aromatic nitrogens is 1. The monoisotopic (exact) mass is 384 g/mol. The summed E-state index contributed by atoms with van der Waals surface area (Å²) < 4.78 is 0. The van der Waals surface area contributed by atoms with Gasteiger partial charge in [0.25, 0.3) is 0 Å². The molecule has 0 amide bonds. The van der Waals surface area contributed by atoms with E-state index in [1.54, 1.807) is 0 Å². The number of carbonyl (C=O) groups is 2. The highest BCUT2D eigenvalue weighted by molar-refractivity contribution is 5.85. The molecule has 3 rings (SSSR count). The van der Waals surface area contributed by atoms with Gasteiger partial charge in [0.1, 0.15) is 6.04 Å². The molecule has 1 unspecified atom stereocenters. The molecule has 1 aromatic heterocycles. The van der Waals surface area contributed by atoms with Crippen LogP contribution in [0.1, 0.15) is 11.1 Å². The van der Waals surface area contributed by atoms with E-state index in [1.165, 1.54) is 24.3 Å². The standard InChI is InChI=1S/C11H12N2O2.C9H8O4/c12-9(11(14)15)5-7-6-13-10-4-2-1-3-8(7)10;10-7-3-1-6(5-8(7)11)2-4-9(12)13/h1-4,6,9,13H,5,12H2,(H,14,15);1-5,10-11H,(H,12,13). The first kappa shape index (κ1) is 20.5. The summed E-state index contributed by atoms with van der Waals surface area (Å²) in [6.45, 7) is 0. The Morgan fingerprint density at radius 3 is 2.43 bits per heavy atom. The quantitative estimate of drug-likeness (QED) is 0.291. The molecule has 146 valence electrons. The molecular weight excluding hydrogens is 364 g/mol. The Morgan fingerprint density at radius 2 is 1.79 bits per heavy atom. The largest absolute Gasteiger partial charge is 0.504 e. The van der Waals surface area contributed by atoms with Crippen LogP contribution < -0.4 is 5.73 Å². The normalized spacial score (nSPS) is 11.8. The Hall–Kier alpha value is -3.78. The van der Waals surface area contributed by atoms with Crippen LogP contribution in [-0.4, -0.2) is 43.4 Å². The first-order chi connectivity index (χ1) is 13.3. The number of hydrogen-bond acceptors (Lipinski definition) is 5. The number of phenols is 2. The Bertz CT molecular complexity index is 1010. The Labute approximate surface area is 160 Å². The molecule has 8 nitrogen and oxygen atoms in total. The number of aliphatic carboxylic acids is 2. The second kappa shape index (κ2) is 9.24. The van der Waals surface area contributed by atoms with E-state index in [9.17, 15) is 9.59 Å². The van der Waals surface area contributed by atoms with Crippen molar-refractivity contribution in [3.8, 4) is 11.5 Å². The fourth-order valence-electron chi connectivity index (χ4n) is 2.44. The molecule has 3 aromatic rings. The van der Waals surface area contributed by atoms with E-state index in [1.807, 2.05) is 30.5 Å². The van der Waals surface area contributed by atoms with E-state index in [0.717, 1.165) is 22.5 Å². The van der Waals surface area contributed by atoms with Gasteiger partial charge in [0.2, 0.25) is 0 Å². The van der Waals surface area contributed by atoms with E-state index >= 15 is 0 Å². The first-order valence-corrected chi connectivity index (χ1v) is 8.24. The Morgan fingerprint density at radius 1 is 1.07 bits per heavy atom. The molecule has 8 heteroatoms. The van der Waals surface area contributed by atoms with Gasteiger partial charge in [-0.2, -0.15) is 0 Å². The van der Waals surface area contributed by atoms with Crippen LogP contribution in [0.4, 0.5) is 0 Å². The number of para-hydroxylation sites is 1. The van der Waals surface area contributed by atoms with Gasteiger partial charge in [-0.3, -0.25) is 4.79 Å². The van der Waals surface area contributed by atoms with Gasteiger partial charge in [-0.25, -0.2) is 4.79 Å². The molecule has 0 saturated heterocycles. The average Bonchev–Trinajstić information content (AvgIpc) is 3.06. The highest BCUT2D eigenvalue weighted by atomic mass is 16.4. The second-order valence-corrected chi connectivity index (χ2v) is 5.93. The van der Waals surface area contributed by atoms with Crippen LogP contribution in [0.2, 0.25) is 0 Å². The minimum Gasteiger partial charge on any atom is -0.504 e. The fourth-order valence-corrected chi connectivity index (χ4v) is 2.44. The maximum Gasteiger partial charge on any atom is 0.328 e. The van der Waals surface area contributed by atoms with Crippen molar-refractivity contribution in [1.82, 2.24) is 4.98 Å². The van der Waals surface area contributed by atoms with Crippen molar-refractivity contribution in [3.05, 3.63) is 65.9 Å². The zero-order chi connectivity index (χ0) is 20.7. The summed E-state index contributed by atoms with van der Waals surface area (Å²) in [6.07, 6.45) is 4.43. The third-order valence-corrected chi connectivity index (χ3v) is 3.85. The SMILES string of the molecule is NC(Cc1c[nH]c2ccccc12)C(=O)O.O=C(O)C=Cc1ccc(O)c(O)c1. The number of carboxylic acid groups (broad SMARTS) is 2. The molecular formula is C20H20N2O6. The molecule has 0 aliphatic heterocycles. The lowest BCUT2D eigenvalue weighted by atomic mass is 10.1. The van der Waals surface area contributed by atoms with Crippen molar-refractivity contribution in [2.75, 3.05) is 0 Å². The molecule has 0 aliphatic carbocycles. The van der Waals surface area contributed by atoms with E-state index < -0.39 is 18.0 Å². The lowest BCUT2D eigenvalue weighted by Gasteiger charge is -2.04. The number of phenolic OH excluding ortho intramolecular Hbond substituents is 2. The number of fused-ring (bicyclic) bond motifs is 1. The van der Waals surface area contributed by atoms with E-state index in [4.69, 9.17) is 26.2 Å². The number of hydrogen-bond donors (Lipinski definition) is 6. The Balaban J connectivity index is 0.000000203. The van der Waals surface area contributed by atoms with Gasteiger partial charge < -0.3 is 31.1 Å². The van der Waals surface area contributed by atoms with Crippen molar-refractivity contribution < 1.29 is 30.0 Å². The number of nitrogens with one attached hydrogen (secondary N) is 1. The van der Waals surface area contributed by atoms with Gasteiger partial charge in [-0.15, -0.1) is 0 Å². The lowest BCUT2D eigenvalue weighted by molar-refractivity contribution is -0.138. The summed E-state index contributed by atoms with van der Waals surface area (Å²) >= 11 is 0. The van der Waals surface area contributed by atoms with Crippen LogP contribution in [0, 0.1) is 0 Å². The zero-order valence-electron chi connectivity index (χ0n) is 14.7. The number of carboxylic acids is 2. The molecule has 7 N–H and O–H groups in total. The number of aromatic hydroxyl groups is 2. The summed E-state index contributed by atoms with van der Waals surface area (Å²) in [5, 5.41) is 36.0. The molecule has 0 aliphatic rings. The predicted octanol–water partition coefficient (Wildman–Crippen LogP) is 2.32. The molecule has 1 heterocycles. The molecule has 0 spiro atoms. The van der Waals surface area contributed by atoms with Crippen molar-refractivity contribution in [3.63, 3.8) is 0 Å². The third-order valence-electron chi connectivity index (χ3n) is 3.85. The number of benzene rings is 2. The van der Waals surface area contributed by atoms with Crippen molar-refractivity contribution in [1.29, 1.82) is 0 Å². The lowest BCUT2D eigenvalue weighted by Crippen LogP contribution is -2.32. The number of rotatable bonds is 5. The molecule has 2 aromatic carbocycles. The smallest absolute Gasteiger partial charge is 0.328 e. The van der Waals surface area contributed by atoms with Gasteiger partial charge in [0.15, 0.2) is 11.5 Å². The number of nitrogens with two attached hydrogens (primary N) is 1. The van der Waals surface area contributed by atoms with Crippen molar-refractivity contribution in [2.24, 2.45) is 5.73 Å². The molecule has 0 radical (unpaired) electrons. The fraction of sp³-hybridized carbons (Fsp3) is 0.100. The topological polar surface area (TPSA) is 157 Å². The maximum atomic E-state index is 10.6. The van der Waals surface area contributed by atoms with Crippen LogP contribution in [-0.2, 0) is 16.0 Å². The summed E-state index contributed by atoms with van der Waals surface area (Å²) in [5.41, 5.74) is 7.95. The van der Waals surface area contributed by atoms with Gasteiger partial charge in [0, 0.05) is 29.6 Å². The molecule has 0 fully saturated rings. The summed E-state index contributed by atoms with van der Waals surface area (Å²) in [6, 6.07) is 11.0. The molecule has 28 heavy (non-hydrogen) atoms. The van der Waals surface area contributed by atoms with Crippen LogP contribution in [0.25, 0.3) is 17.0 Å². The van der Waals surface area contributed by atoms with Crippen LogP contribution >= 0.6 is 0 Å². The van der Waals surface area contributed by atoms with Crippen molar-refractivity contribution in [2.45, 2.75) is 12.5 Å². The van der Waals surface area contributed by atoms with Gasteiger partial charge in [-0.1, -0.05) is 24.3 Å².